The van der Waals surface area contributed by atoms with Crippen molar-refractivity contribution in [3.63, 3.8) is 0 Å². The molecule has 1 aromatic carbocycles. The molecule has 1 amide bonds. The Kier molecular flexibility index (Phi) is 4.49. The number of nitrogen functional groups attached to an aromatic ring is 1. The van der Waals surface area contributed by atoms with Gasteiger partial charge in [0.05, 0.1) is 11.4 Å². The lowest BCUT2D eigenvalue weighted by molar-refractivity contribution is 0.0963. The second-order valence-electron chi connectivity index (χ2n) is 5.28. The normalized spacial score (nSPS) is 19.9. The number of nitrogens with one attached hydrogen (secondary N) is 1. The minimum absolute atomic E-state index is 0.104. The number of carbonyl (C=O) groups is 1. The highest BCUT2D eigenvalue weighted by Gasteiger charge is 2.23. The molecule has 20 heavy (non-hydrogen) atoms. The number of likely N-dealkylation sites (N-methyl/N-ethyl adjacent to an activating group) is 1. The van der Waals surface area contributed by atoms with Crippen LogP contribution in [0.25, 0.3) is 0 Å². The fourth-order valence-corrected chi connectivity index (χ4v) is 2.81. The van der Waals surface area contributed by atoms with Crippen LogP contribution in [0.4, 0.5) is 11.4 Å². The predicted octanol–water partition coefficient (Wildman–Crippen LogP) is 1.16. The van der Waals surface area contributed by atoms with Crippen molar-refractivity contribution < 1.29 is 4.79 Å². The van der Waals surface area contributed by atoms with Gasteiger partial charge < -0.3 is 16.0 Å². The van der Waals surface area contributed by atoms with E-state index >= 15 is 0 Å². The van der Waals surface area contributed by atoms with Crippen LogP contribution in [0.3, 0.4) is 0 Å². The molecule has 0 bridgehead atoms. The second-order valence-corrected chi connectivity index (χ2v) is 5.28. The predicted molar refractivity (Wildman–Crippen MR) is 83.2 cm³/mol. The summed E-state index contributed by atoms with van der Waals surface area (Å²) in [5.74, 6) is -0.104. The van der Waals surface area contributed by atoms with Gasteiger partial charge in [-0.05, 0) is 31.7 Å². The summed E-state index contributed by atoms with van der Waals surface area (Å²) in [5.41, 5.74) is 8.43. The molecule has 1 atom stereocenters. The number of carbonyl (C=O) groups excluding carboxylic acids is 1. The molecular formula is C15H24N4O. The minimum atomic E-state index is -0.104. The zero-order chi connectivity index (χ0) is 14.7. The Balaban J connectivity index is 2.16. The maximum absolute atomic E-state index is 11.6. The molecule has 5 nitrogen and oxygen atoms in total. The Bertz CT molecular complexity index is 489. The molecule has 1 saturated heterocycles. The number of piperazine rings is 1. The van der Waals surface area contributed by atoms with Crippen molar-refractivity contribution in [3.8, 4) is 0 Å². The molecule has 1 unspecified atom stereocenters. The Morgan fingerprint density at radius 1 is 1.45 bits per heavy atom. The van der Waals surface area contributed by atoms with Gasteiger partial charge in [0.15, 0.2) is 0 Å². The molecule has 1 aromatic rings. The standard InChI is InChI=1S/C15H24N4O/c1-4-18-7-8-19(10-11(18)2)14-6-5-12(9-13(14)16)15(20)17-3/h5-6,9,11H,4,7-8,10,16H2,1-3H3,(H,17,20). The molecule has 110 valence electrons. The molecule has 0 saturated carbocycles. The average Bonchev–Trinajstić information content (AvgIpc) is 2.46. The minimum Gasteiger partial charge on any atom is -0.397 e. The molecule has 1 aliphatic heterocycles. The largest absolute Gasteiger partial charge is 0.397 e. The number of hydrogen-bond acceptors (Lipinski definition) is 4. The van der Waals surface area contributed by atoms with Crippen LogP contribution in [0.2, 0.25) is 0 Å². The number of anilines is 2. The highest BCUT2D eigenvalue weighted by molar-refractivity contribution is 5.96. The topological polar surface area (TPSA) is 61.6 Å². The lowest BCUT2D eigenvalue weighted by atomic mass is 10.1. The molecule has 1 heterocycles. The fourth-order valence-electron chi connectivity index (χ4n) is 2.81. The third kappa shape index (κ3) is 2.88. The van der Waals surface area contributed by atoms with Crippen molar-refractivity contribution in [2.45, 2.75) is 19.9 Å². The number of benzene rings is 1. The maximum atomic E-state index is 11.6. The Morgan fingerprint density at radius 2 is 2.20 bits per heavy atom. The van der Waals surface area contributed by atoms with Gasteiger partial charge in [-0.25, -0.2) is 0 Å². The van der Waals surface area contributed by atoms with Gasteiger partial charge in [-0.15, -0.1) is 0 Å². The summed E-state index contributed by atoms with van der Waals surface area (Å²) in [6.45, 7) is 8.51. The zero-order valence-corrected chi connectivity index (χ0v) is 12.5. The van der Waals surface area contributed by atoms with Crippen LogP contribution >= 0.6 is 0 Å². The Morgan fingerprint density at radius 3 is 2.75 bits per heavy atom. The van der Waals surface area contributed by atoms with E-state index in [9.17, 15) is 4.79 Å². The summed E-state index contributed by atoms with van der Waals surface area (Å²) in [6, 6.07) is 6.06. The van der Waals surface area contributed by atoms with Crippen LogP contribution in [0.1, 0.15) is 24.2 Å². The average molecular weight is 276 g/mol. The van der Waals surface area contributed by atoms with Gasteiger partial charge in [-0.1, -0.05) is 6.92 Å². The van der Waals surface area contributed by atoms with Crippen molar-refractivity contribution in [1.29, 1.82) is 0 Å². The summed E-state index contributed by atoms with van der Waals surface area (Å²) in [6.07, 6.45) is 0. The summed E-state index contributed by atoms with van der Waals surface area (Å²) >= 11 is 0. The first-order valence-electron chi connectivity index (χ1n) is 7.17. The van der Waals surface area contributed by atoms with Crippen LogP contribution in [0.5, 0.6) is 0 Å². The van der Waals surface area contributed by atoms with Crippen molar-refractivity contribution in [2.24, 2.45) is 0 Å². The first-order valence-corrected chi connectivity index (χ1v) is 7.17. The van der Waals surface area contributed by atoms with E-state index in [-0.39, 0.29) is 5.91 Å². The highest BCUT2D eigenvalue weighted by Crippen LogP contribution is 2.26. The first kappa shape index (κ1) is 14.7. The Labute approximate surface area is 120 Å². The summed E-state index contributed by atoms with van der Waals surface area (Å²) in [5, 5.41) is 2.61. The van der Waals surface area contributed by atoms with E-state index in [1.54, 1.807) is 13.1 Å². The summed E-state index contributed by atoms with van der Waals surface area (Å²) < 4.78 is 0. The molecule has 1 fully saturated rings. The maximum Gasteiger partial charge on any atom is 0.251 e. The van der Waals surface area contributed by atoms with Gasteiger partial charge >= 0.3 is 0 Å². The molecule has 5 heteroatoms. The number of nitrogens with zero attached hydrogens (tertiary/aromatic N) is 2. The number of rotatable bonds is 3. The number of amides is 1. The van der Waals surface area contributed by atoms with Crippen molar-refractivity contribution in [3.05, 3.63) is 23.8 Å². The van der Waals surface area contributed by atoms with E-state index < -0.39 is 0 Å². The monoisotopic (exact) mass is 276 g/mol. The van der Waals surface area contributed by atoms with E-state index in [0.717, 1.165) is 31.9 Å². The molecule has 2 rings (SSSR count). The van der Waals surface area contributed by atoms with Crippen LogP contribution < -0.4 is 16.0 Å². The number of hydrogen-bond donors (Lipinski definition) is 2. The van der Waals surface area contributed by atoms with Crippen LogP contribution in [-0.4, -0.2) is 50.1 Å². The van der Waals surface area contributed by atoms with Crippen molar-refractivity contribution in [1.82, 2.24) is 10.2 Å². The van der Waals surface area contributed by atoms with Crippen molar-refractivity contribution >= 4 is 17.3 Å². The molecule has 1 aliphatic rings. The van der Waals surface area contributed by atoms with E-state index in [4.69, 9.17) is 5.73 Å². The van der Waals surface area contributed by atoms with E-state index in [1.807, 2.05) is 12.1 Å². The van der Waals surface area contributed by atoms with E-state index in [0.29, 0.717) is 17.3 Å². The quantitative estimate of drug-likeness (QED) is 0.813. The van der Waals surface area contributed by atoms with Crippen LogP contribution in [0.15, 0.2) is 18.2 Å². The third-order valence-electron chi connectivity index (χ3n) is 4.03. The zero-order valence-electron chi connectivity index (χ0n) is 12.5. The van der Waals surface area contributed by atoms with Crippen LogP contribution in [0, 0.1) is 0 Å². The molecular weight excluding hydrogens is 252 g/mol. The second kappa shape index (κ2) is 6.13. The SMILES string of the molecule is CCN1CCN(c2ccc(C(=O)NC)cc2N)CC1C. The molecule has 3 N–H and O–H groups in total. The van der Waals surface area contributed by atoms with Gasteiger partial charge in [0.2, 0.25) is 0 Å². The molecule has 0 aromatic heterocycles. The van der Waals surface area contributed by atoms with Gasteiger partial charge in [-0.3, -0.25) is 9.69 Å². The first-order chi connectivity index (χ1) is 9.56. The van der Waals surface area contributed by atoms with E-state index in [2.05, 4.69) is 29.0 Å². The Hall–Kier alpha value is -1.75. The van der Waals surface area contributed by atoms with Gasteiger partial charge in [-0.2, -0.15) is 0 Å². The summed E-state index contributed by atoms with van der Waals surface area (Å²) in [7, 11) is 1.62. The summed E-state index contributed by atoms with van der Waals surface area (Å²) in [4.78, 5) is 16.4. The molecule has 0 aliphatic carbocycles. The van der Waals surface area contributed by atoms with Crippen molar-refractivity contribution in [2.75, 3.05) is 43.9 Å². The number of nitrogens with two attached hydrogens (primary N) is 1. The molecule has 0 spiro atoms. The van der Waals surface area contributed by atoms with Crippen LogP contribution in [-0.2, 0) is 0 Å². The van der Waals surface area contributed by atoms with E-state index in [1.165, 1.54) is 0 Å². The van der Waals surface area contributed by atoms with Gasteiger partial charge in [0.25, 0.3) is 5.91 Å². The lowest BCUT2D eigenvalue weighted by Crippen LogP contribution is -2.51. The smallest absolute Gasteiger partial charge is 0.251 e. The third-order valence-corrected chi connectivity index (χ3v) is 4.03. The lowest BCUT2D eigenvalue weighted by Gasteiger charge is -2.40. The highest BCUT2D eigenvalue weighted by atomic mass is 16.1. The van der Waals surface area contributed by atoms with Gasteiger partial charge in [0, 0.05) is 38.3 Å². The molecule has 0 radical (unpaired) electrons. The van der Waals surface area contributed by atoms with Gasteiger partial charge in [0.1, 0.15) is 0 Å². The fraction of sp³-hybridized carbons (Fsp3) is 0.533.